The molecule has 258 valence electrons. The largest absolute Gasteiger partial charge is 0.394 e. The molecule has 4 unspecified atom stereocenters. The van der Waals surface area contributed by atoms with Gasteiger partial charge in [0.15, 0.2) is 0 Å². The molecule has 0 aromatic heterocycles. The highest BCUT2D eigenvalue weighted by Crippen LogP contribution is 2.16. The van der Waals surface area contributed by atoms with Crippen LogP contribution in [-0.4, -0.2) is 57.3 Å². The molecule has 5 N–H and O–H groups in total. The zero-order valence-electron chi connectivity index (χ0n) is 28.9. The van der Waals surface area contributed by atoms with E-state index >= 15 is 0 Å². The Balaban J connectivity index is 3.76. The van der Waals surface area contributed by atoms with Gasteiger partial charge in [-0.05, 0) is 18.8 Å². The monoisotopic (exact) mass is 614 g/mol. The highest BCUT2D eigenvalue weighted by Gasteiger charge is 2.28. The van der Waals surface area contributed by atoms with Gasteiger partial charge in [0.1, 0.15) is 12.2 Å². The molecule has 0 heterocycles. The number of amides is 1. The van der Waals surface area contributed by atoms with Gasteiger partial charge in [-0.1, -0.05) is 181 Å². The number of nitrogens with one attached hydrogen (secondary N) is 1. The van der Waals surface area contributed by atoms with Gasteiger partial charge in [0.05, 0.1) is 18.8 Å². The van der Waals surface area contributed by atoms with Crippen LogP contribution in [0.1, 0.15) is 194 Å². The number of rotatable bonds is 33. The molecule has 1 amide bonds. The van der Waals surface area contributed by atoms with E-state index in [2.05, 4.69) is 26.1 Å². The highest BCUT2D eigenvalue weighted by atomic mass is 16.3. The summed E-state index contributed by atoms with van der Waals surface area (Å²) in [6.45, 7) is 6.31. The van der Waals surface area contributed by atoms with Crippen LogP contribution in [0.3, 0.4) is 0 Å². The van der Waals surface area contributed by atoms with Crippen molar-refractivity contribution >= 4 is 5.91 Å². The first-order chi connectivity index (χ1) is 20.8. The molecule has 0 aliphatic heterocycles. The van der Waals surface area contributed by atoms with E-state index in [1.807, 2.05) is 0 Å². The van der Waals surface area contributed by atoms with Crippen LogP contribution in [-0.2, 0) is 4.79 Å². The van der Waals surface area contributed by atoms with Crippen molar-refractivity contribution in [3.05, 3.63) is 0 Å². The summed E-state index contributed by atoms with van der Waals surface area (Å²) in [7, 11) is 0. The normalized spacial score (nSPS) is 14.6. The van der Waals surface area contributed by atoms with Crippen LogP contribution in [0.15, 0.2) is 0 Å². The van der Waals surface area contributed by atoms with E-state index in [4.69, 9.17) is 0 Å². The minimum atomic E-state index is -1.25. The van der Waals surface area contributed by atoms with Gasteiger partial charge < -0.3 is 25.7 Å². The summed E-state index contributed by atoms with van der Waals surface area (Å²) in [4.78, 5) is 12.4. The van der Waals surface area contributed by atoms with Gasteiger partial charge in [-0.25, -0.2) is 0 Å². The second-order valence-corrected chi connectivity index (χ2v) is 13.8. The predicted octanol–water partition coefficient (Wildman–Crippen LogP) is 8.75. The molecule has 0 aliphatic rings. The number of hydrogen-bond donors (Lipinski definition) is 5. The number of carbonyl (C=O) groups is 1. The Kier molecular flexibility index (Phi) is 30.8. The third kappa shape index (κ3) is 27.4. The van der Waals surface area contributed by atoms with Gasteiger partial charge in [-0.15, -0.1) is 0 Å². The minimum absolute atomic E-state index is 0.374. The smallest absolute Gasteiger partial charge is 0.249 e. The van der Waals surface area contributed by atoms with E-state index in [0.717, 1.165) is 44.4 Å². The molecule has 0 radical (unpaired) electrons. The van der Waals surface area contributed by atoms with Gasteiger partial charge in [0.2, 0.25) is 5.91 Å². The molecule has 0 rings (SSSR count). The van der Waals surface area contributed by atoms with Crippen molar-refractivity contribution in [1.82, 2.24) is 5.32 Å². The van der Waals surface area contributed by atoms with E-state index in [1.54, 1.807) is 0 Å². The van der Waals surface area contributed by atoms with Crippen molar-refractivity contribution in [2.75, 3.05) is 6.61 Å². The van der Waals surface area contributed by atoms with Gasteiger partial charge in [0.25, 0.3) is 0 Å². The zero-order valence-corrected chi connectivity index (χ0v) is 28.9. The maximum atomic E-state index is 12.4. The van der Waals surface area contributed by atoms with Crippen LogP contribution in [0, 0.1) is 5.92 Å². The Labute approximate surface area is 267 Å². The first-order valence-electron chi connectivity index (χ1n) is 18.8. The molecule has 6 nitrogen and oxygen atoms in total. The third-order valence-electron chi connectivity index (χ3n) is 9.00. The summed E-state index contributed by atoms with van der Waals surface area (Å²) in [5.74, 6) is 0.191. The standard InChI is InChI=1S/C37H75NO5/c1-4-5-6-7-8-9-10-11-12-13-14-15-16-17-20-24-27-30-35(41)37(43)38-33(31-39)36(42)34(40)29-26-23-21-18-19-22-25-28-32(2)3/h32-36,39-42H,4-31H2,1-3H3,(H,38,43). The number of unbranched alkanes of at least 4 members (excludes halogenated alkanes) is 22. The molecule has 0 bridgehead atoms. The first kappa shape index (κ1) is 42.3. The molecule has 4 atom stereocenters. The van der Waals surface area contributed by atoms with Crippen molar-refractivity contribution < 1.29 is 25.2 Å². The van der Waals surface area contributed by atoms with Crippen LogP contribution < -0.4 is 5.32 Å². The molecule has 0 fully saturated rings. The van der Waals surface area contributed by atoms with E-state index in [9.17, 15) is 25.2 Å². The van der Waals surface area contributed by atoms with Gasteiger partial charge in [-0.2, -0.15) is 0 Å². The van der Waals surface area contributed by atoms with Crippen molar-refractivity contribution in [3.8, 4) is 0 Å². The van der Waals surface area contributed by atoms with Crippen LogP contribution in [0.5, 0.6) is 0 Å². The molecular weight excluding hydrogens is 538 g/mol. The van der Waals surface area contributed by atoms with Gasteiger partial charge >= 0.3 is 0 Å². The summed E-state index contributed by atoms with van der Waals surface area (Å²) >= 11 is 0. The molecule has 0 saturated carbocycles. The fraction of sp³-hybridized carbons (Fsp3) is 0.973. The van der Waals surface area contributed by atoms with Crippen LogP contribution >= 0.6 is 0 Å². The Morgan fingerprint density at radius 2 is 0.884 bits per heavy atom. The SMILES string of the molecule is CCCCCCCCCCCCCCCCCCCC(O)C(=O)NC(CO)C(O)C(O)CCCCCCCCCC(C)C. The lowest BCUT2D eigenvalue weighted by molar-refractivity contribution is -0.132. The molecule has 0 aliphatic carbocycles. The number of aliphatic hydroxyl groups excluding tert-OH is 4. The zero-order chi connectivity index (χ0) is 32.0. The van der Waals surface area contributed by atoms with Crippen molar-refractivity contribution in [2.45, 2.75) is 218 Å². The molecule has 0 aromatic carbocycles. The van der Waals surface area contributed by atoms with Crippen LogP contribution in [0.4, 0.5) is 0 Å². The number of hydrogen-bond acceptors (Lipinski definition) is 5. The van der Waals surface area contributed by atoms with E-state index < -0.39 is 36.9 Å². The molecular formula is C37H75NO5. The van der Waals surface area contributed by atoms with E-state index in [0.29, 0.717) is 12.8 Å². The average Bonchev–Trinajstić information content (AvgIpc) is 2.99. The lowest BCUT2D eigenvalue weighted by Gasteiger charge is -2.27. The van der Waals surface area contributed by atoms with E-state index in [1.165, 1.54) is 122 Å². The summed E-state index contributed by atoms with van der Waals surface area (Å²) in [6.07, 6.45) is 28.5. The molecule has 0 aromatic rings. The topological polar surface area (TPSA) is 110 Å². The first-order valence-corrected chi connectivity index (χ1v) is 18.8. The molecule has 43 heavy (non-hydrogen) atoms. The summed E-state index contributed by atoms with van der Waals surface area (Å²) < 4.78 is 0. The number of aliphatic hydroxyl groups is 4. The van der Waals surface area contributed by atoms with Crippen LogP contribution in [0.2, 0.25) is 0 Å². The Morgan fingerprint density at radius 3 is 1.26 bits per heavy atom. The molecule has 0 saturated heterocycles. The molecule has 0 spiro atoms. The summed E-state index contributed by atoms with van der Waals surface area (Å²) in [6, 6.07) is -0.978. The van der Waals surface area contributed by atoms with Crippen molar-refractivity contribution in [3.63, 3.8) is 0 Å². The lowest BCUT2D eigenvalue weighted by atomic mass is 9.98. The summed E-state index contributed by atoms with van der Waals surface area (Å²) in [5.41, 5.74) is 0. The Bertz CT molecular complexity index is 587. The minimum Gasteiger partial charge on any atom is -0.394 e. The average molecular weight is 614 g/mol. The van der Waals surface area contributed by atoms with Crippen molar-refractivity contribution in [2.24, 2.45) is 5.92 Å². The van der Waals surface area contributed by atoms with Crippen LogP contribution in [0.25, 0.3) is 0 Å². The third-order valence-corrected chi connectivity index (χ3v) is 9.00. The Morgan fingerprint density at radius 1 is 0.535 bits per heavy atom. The fourth-order valence-corrected chi connectivity index (χ4v) is 5.94. The van der Waals surface area contributed by atoms with E-state index in [-0.39, 0.29) is 0 Å². The highest BCUT2D eigenvalue weighted by molar-refractivity contribution is 5.80. The van der Waals surface area contributed by atoms with Crippen molar-refractivity contribution in [1.29, 1.82) is 0 Å². The lowest BCUT2D eigenvalue weighted by Crippen LogP contribution is -2.53. The molecule has 6 heteroatoms. The maximum absolute atomic E-state index is 12.4. The Hall–Kier alpha value is -0.690. The fourth-order valence-electron chi connectivity index (χ4n) is 5.94. The predicted molar refractivity (Wildman–Crippen MR) is 182 cm³/mol. The number of carbonyl (C=O) groups excluding carboxylic acids is 1. The quantitative estimate of drug-likeness (QED) is 0.0475. The second kappa shape index (κ2) is 31.3. The maximum Gasteiger partial charge on any atom is 0.249 e. The second-order valence-electron chi connectivity index (χ2n) is 13.8. The van der Waals surface area contributed by atoms with Gasteiger partial charge in [0, 0.05) is 0 Å². The van der Waals surface area contributed by atoms with Gasteiger partial charge in [-0.3, -0.25) is 4.79 Å². The summed E-state index contributed by atoms with van der Waals surface area (Å²) in [5, 5.41) is 43.4.